The van der Waals surface area contributed by atoms with Crippen molar-refractivity contribution in [3.8, 4) is 0 Å². The fourth-order valence-electron chi connectivity index (χ4n) is 0.875. The minimum Gasteiger partial charge on any atom is -0.367 e. The lowest BCUT2D eigenvalue weighted by Crippen LogP contribution is -2.22. The second-order valence-electron chi connectivity index (χ2n) is 2.61. The zero-order valence-electron chi connectivity index (χ0n) is 6.09. The van der Waals surface area contributed by atoms with Crippen molar-refractivity contribution in [1.82, 2.24) is 0 Å². The molecule has 1 aliphatic rings. The molecule has 0 aromatic carbocycles. The van der Waals surface area contributed by atoms with E-state index in [1.165, 1.54) is 5.75 Å². The number of thioether (sulfide) groups is 1. The molecule has 0 aliphatic carbocycles. The van der Waals surface area contributed by atoms with Gasteiger partial charge in [-0.2, -0.15) is 0 Å². The molecule has 1 rings (SSSR count). The molecule has 1 aliphatic heterocycles. The maximum atomic E-state index is 5.50. The lowest BCUT2D eigenvalue weighted by molar-refractivity contribution is 0.0793. The maximum Gasteiger partial charge on any atom is 0.102 e. The highest BCUT2D eigenvalue weighted by molar-refractivity contribution is 7.99. The van der Waals surface area contributed by atoms with Gasteiger partial charge in [0.2, 0.25) is 0 Å². The fraction of sp³-hybridized carbons (Fsp3) is 1.00. The van der Waals surface area contributed by atoms with Crippen molar-refractivity contribution in [2.75, 3.05) is 12.4 Å². The second kappa shape index (κ2) is 3.47. The minimum absolute atomic E-state index is 0.487. The van der Waals surface area contributed by atoms with Crippen LogP contribution in [0.15, 0.2) is 0 Å². The molecule has 2 atom stereocenters. The number of hydrogen-bond acceptors (Lipinski definition) is 2. The minimum atomic E-state index is 0.487. The summed E-state index contributed by atoms with van der Waals surface area (Å²) in [6, 6.07) is 0. The van der Waals surface area contributed by atoms with Crippen LogP contribution in [-0.4, -0.2) is 17.8 Å². The molecular weight excluding hydrogens is 132 g/mol. The van der Waals surface area contributed by atoms with Gasteiger partial charge in [0.25, 0.3) is 0 Å². The molecule has 0 radical (unpaired) electrons. The Balaban J connectivity index is 2.18. The van der Waals surface area contributed by atoms with E-state index in [0.29, 0.717) is 5.44 Å². The van der Waals surface area contributed by atoms with E-state index in [9.17, 15) is 0 Å². The summed E-state index contributed by atoms with van der Waals surface area (Å²) in [5, 5.41) is 0. The van der Waals surface area contributed by atoms with Crippen molar-refractivity contribution in [2.24, 2.45) is 5.92 Å². The van der Waals surface area contributed by atoms with Crippen LogP contribution in [-0.2, 0) is 4.74 Å². The first kappa shape index (κ1) is 7.42. The van der Waals surface area contributed by atoms with Gasteiger partial charge in [0.15, 0.2) is 0 Å². The Morgan fingerprint density at radius 2 is 2.44 bits per heavy atom. The van der Waals surface area contributed by atoms with Crippen LogP contribution in [0.2, 0.25) is 0 Å². The monoisotopic (exact) mass is 146 g/mol. The highest BCUT2D eigenvalue weighted by Crippen LogP contribution is 2.24. The van der Waals surface area contributed by atoms with Gasteiger partial charge in [-0.3, -0.25) is 0 Å². The van der Waals surface area contributed by atoms with Gasteiger partial charge < -0.3 is 4.74 Å². The fourth-order valence-corrected chi connectivity index (χ4v) is 1.93. The van der Waals surface area contributed by atoms with Gasteiger partial charge in [-0.1, -0.05) is 13.8 Å². The Hall–Kier alpha value is 0.310. The predicted molar refractivity (Wildman–Crippen MR) is 41.7 cm³/mol. The zero-order chi connectivity index (χ0) is 6.69. The molecule has 2 unspecified atom stereocenters. The van der Waals surface area contributed by atoms with E-state index in [4.69, 9.17) is 4.74 Å². The van der Waals surface area contributed by atoms with Crippen LogP contribution in [0.1, 0.15) is 20.3 Å². The van der Waals surface area contributed by atoms with Crippen LogP contribution in [0, 0.1) is 5.92 Å². The number of ether oxygens (including phenoxy) is 1. The first-order valence-corrected chi connectivity index (χ1v) is 4.61. The molecule has 54 valence electrons. The maximum absolute atomic E-state index is 5.50. The third kappa shape index (κ3) is 2.18. The molecule has 0 N–H and O–H groups in total. The smallest absolute Gasteiger partial charge is 0.102 e. The first-order chi connectivity index (χ1) is 4.33. The summed E-state index contributed by atoms with van der Waals surface area (Å²) in [5.74, 6) is 2.04. The highest BCUT2D eigenvalue weighted by atomic mass is 32.2. The van der Waals surface area contributed by atoms with E-state index in [0.717, 1.165) is 18.9 Å². The topological polar surface area (TPSA) is 9.23 Å². The Kier molecular flexibility index (Phi) is 2.86. The van der Waals surface area contributed by atoms with Crippen molar-refractivity contribution >= 4 is 11.8 Å². The van der Waals surface area contributed by atoms with E-state index in [1.54, 1.807) is 0 Å². The average molecular weight is 146 g/mol. The van der Waals surface area contributed by atoms with Crippen molar-refractivity contribution in [1.29, 1.82) is 0 Å². The Morgan fingerprint density at radius 3 is 2.89 bits per heavy atom. The predicted octanol–water partition coefficient (Wildman–Crippen LogP) is 2.12. The molecule has 0 spiro atoms. The molecule has 9 heavy (non-hydrogen) atoms. The second-order valence-corrected chi connectivity index (χ2v) is 3.80. The third-order valence-corrected chi connectivity index (χ3v) is 3.07. The standard InChI is InChI=1S/C7H14OS/c1-3-7-8-4-6(2)5-9-7/h6-7H,3-5H2,1-2H3. The van der Waals surface area contributed by atoms with Gasteiger partial charge in [-0.05, 0) is 12.3 Å². The van der Waals surface area contributed by atoms with Crippen LogP contribution in [0.3, 0.4) is 0 Å². The molecule has 0 amide bonds. The third-order valence-electron chi connectivity index (χ3n) is 1.47. The van der Waals surface area contributed by atoms with Crippen LogP contribution in [0.5, 0.6) is 0 Å². The summed E-state index contributed by atoms with van der Waals surface area (Å²) < 4.78 is 5.50. The molecule has 1 heterocycles. The van der Waals surface area contributed by atoms with Crippen LogP contribution < -0.4 is 0 Å². The molecule has 0 saturated carbocycles. The average Bonchev–Trinajstić information content (AvgIpc) is 1.90. The van der Waals surface area contributed by atoms with Gasteiger partial charge >= 0.3 is 0 Å². The quantitative estimate of drug-likeness (QED) is 0.560. The van der Waals surface area contributed by atoms with Crippen molar-refractivity contribution in [2.45, 2.75) is 25.7 Å². The van der Waals surface area contributed by atoms with Gasteiger partial charge in [0, 0.05) is 5.75 Å². The molecular formula is C7H14OS. The summed E-state index contributed by atoms with van der Waals surface area (Å²) in [6.45, 7) is 5.37. The summed E-state index contributed by atoms with van der Waals surface area (Å²) in [4.78, 5) is 0. The molecule has 1 saturated heterocycles. The normalized spacial score (nSPS) is 36.7. The van der Waals surface area contributed by atoms with Gasteiger partial charge in [0.05, 0.1) is 6.61 Å². The van der Waals surface area contributed by atoms with Crippen molar-refractivity contribution < 1.29 is 4.74 Å². The Morgan fingerprint density at radius 1 is 1.67 bits per heavy atom. The number of rotatable bonds is 1. The SMILES string of the molecule is CCC1OCC(C)CS1. The lowest BCUT2D eigenvalue weighted by atomic mass is 10.2. The molecule has 0 aromatic heterocycles. The highest BCUT2D eigenvalue weighted by Gasteiger charge is 2.16. The Bertz CT molecular complexity index is 77.0. The largest absolute Gasteiger partial charge is 0.367 e. The van der Waals surface area contributed by atoms with E-state index in [-0.39, 0.29) is 0 Å². The van der Waals surface area contributed by atoms with Gasteiger partial charge in [-0.15, -0.1) is 11.8 Å². The molecule has 0 aromatic rings. The summed E-state index contributed by atoms with van der Waals surface area (Å²) in [5.41, 5.74) is 0.487. The van der Waals surface area contributed by atoms with Gasteiger partial charge in [0.1, 0.15) is 5.44 Å². The molecule has 1 fully saturated rings. The van der Waals surface area contributed by atoms with E-state index >= 15 is 0 Å². The summed E-state index contributed by atoms with van der Waals surface area (Å²) >= 11 is 1.95. The molecule has 0 bridgehead atoms. The Labute approximate surface area is 61.2 Å². The molecule has 2 heteroatoms. The zero-order valence-corrected chi connectivity index (χ0v) is 6.91. The van der Waals surface area contributed by atoms with Crippen LogP contribution in [0.25, 0.3) is 0 Å². The molecule has 1 nitrogen and oxygen atoms in total. The number of hydrogen-bond donors (Lipinski definition) is 0. The van der Waals surface area contributed by atoms with E-state index in [1.807, 2.05) is 11.8 Å². The van der Waals surface area contributed by atoms with E-state index < -0.39 is 0 Å². The van der Waals surface area contributed by atoms with Crippen molar-refractivity contribution in [3.05, 3.63) is 0 Å². The lowest BCUT2D eigenvalue weighted by Gasteiger charge is -2.25. The van der Waals surface area contributed by atoms with Gasteiger partial charge in [-0.25, -0.2) is 0 Å². The van der Waals surface area contributed by atoms with E-state index in [2.05, 4.69) is 13.8 Å². The van der Waals surface area contributed by atoms with Crippen LogP contribution in [0.4, 0.5) is 0 Å². The summed E-state index contributed by atoms with van der Waals surface area (Å²) in [7, 11) is 0. The summed E-state index contributed by atoms with van der Waals surface area (Å²) in [6.07, 6.45) is 1.15. The van der Waals surface area contributed by atoms with Crippen LogP contribution >= 0.6 is 11.8 Å². The first-order valence-electron chi connectivity index (χ1n) is 3.56. The van der Waals surface area contributed by atoms with Crippen molar-refractivity contribution in [3.63, 3.8) is 0 Å².